The summed E-state index contributed by atoms with van der Waals surface area (Å²) in [5.74, 6) is 1.75. The topological polar surface area (TPSA) is 0 Å². The molecule has 2 aliphatic rings. The number of halogens is 2. The quantitative estimate of drug-likeness (QED) is 0.395. The number of hydrogen-bond donors (Lipinski definition) is 0. The summed E-state index contributed by atoms with van der Waals surface area (Å²) in [6, 6.07) is 0. The van der Waals surface area contributed by atoms with Crippen molar-refractivity contribution >= 4 is 31.9 Å². The average Bonchev–Trinajstić information content (AvgIpc) is 2.39. The van der Waals surface area contributed by atoms with Crippen molar-refractivity contribution in [1.82, 2.24) is 0 Å². The second-order valence-electron chi connectivity index (χ2n) is 6.26. The van der Waals surface area contributed by atoms with E-state index in [4.69, 9.17) is 0 Å². The van der Waals surface area contributed by atoms with Crippen LogP contribution in [0.15, 0.2) is 11.1 Å². The predicted octanol–water partition coefficient (Wildman–Crippen LogP) is 6.23. The van der Waals surface area contributed by atoms with Crippen molar-refractivity contribution in [1.29, 1.82) is 0 Å². The number of rotatable bonds is 2. The van der Waals surface area contributed by atoms with Crippen molar-refractivity contribution in [2.45, 2.75) is 74.9 Å². The Morgan fingerprint density at radius 1 is 0.611 bits per heavy atom. The van der Waals surface area contributed by atoms with Crippen molar-refractivity contribution in [3.8, 4) is 0 Å². The minimum atomic E-state index is 0.783. The Bertz CT molecular complexity index is 262. The first kappa shape index (κ1) is 15.1. The van der Waals surface area contributed by atoms with E-state index >= 15 is 0 Å². The summed E-state index contributed by atoms with van der Waals surface area (Å²) in [6.07, 6.45) is 11.0. The van der Waals surface area contributed by atoms with Gasteiger partial charge in [0.2, 0.25) is 0 Å². The van der Waals surface area contributed by atoms with Crippen LogP contribution in [0.4, 0.5) is 0 Å². The summed E-state index contributed by atoms with van der Waals surface area (Å²) < 4.78 is 0. The second-order valence-corrected chi connectivity index (χ2v) is 8.85. The maximum Gasteiger partial charge on any atom is 0.0146 e. The third kappa shape index (κ3) is 3.85. The molecule has 2 heteroatoms. The fourth-order valence-electron chi connectivity index (χ4n) is 3.62. The molecule has 2 saturated carbocycles. The van der Waals surface area contributed by atoms with Crippen LogP contribution in [0.25, 0.3) is 0 Å². The third-order valence-electron chi connectivity index (χ3n) is 5.16. The lowest BCUT2D eigenvalue weighted by atomic mass is 9.77. The van der Waals surface area contributed by atoms with Crippen LogP contribution in [-0.4, -0.2) is 9.65 Å². The molecule has 2 rings (SSSR count). The summed E-state index contributed by atoms with van der Waals surface area (Å²) in [5, 5.41) is 0. The van der Waals surface area contributed by atoms with Gasteiger partial charge in [-0.05, 0) is 77.0 Å². The SMILES string of the molecule is C/C(=C(/C)C1CCC(Br)CC1)C1CCC(Br)CC1. The van der Waals surface area contributed by atoms with Gasteiger partial charge in [-0.1, -0.05) is 43.0 Å². The Labute approximate surface area is 129 Å². The van der Waals surface area contributed by atoms with Crippen LogP contribution in [-0.2, 0) is 0 Å². The lowest BCUT2D eigenvalue weighted by Gasteiger charge is -2.31. The molecule has 0 heterocycles. The lowest BCUT2D eigenvalue weighted by molar-refractivity contribution is 0.385. The molecule has 0 saturated heterocycles. The smallest absolute Gasteiger partial charge is 0.0146 e. The van der Waals surface area contributed by atoms with E-state index in [1.807, 2.05) is 0 Å². The van der Waals surface area contributed by atoms with E-state index in [1.54, 1.807) is 11.1 Å². The van der Waals surface area contributed by atoms with Crippen LogP contribution in [0.2, 0.25) is 0 Å². The van der Waals surface area contributed by atoms with Gasteiger partial charge in [0.05, 0.1) is 0 Å². The summed E-state index contributed by atoms with van der Waals surface area (Å²) in [5.41, 5.74) is 3.46. The van der Waals surface area contributed by atoms with Crippen molar-refractivity contribution in [2.24, 2.45) is 11.8 Å². The van der Waals surface area contributed by atoms with Crippen LogP contribution >= 0.6 is 31.9 Å². The molecule has 0 aromatic heterocycles. The largest absolute Gasteiger partial charge is 0.0891 e. The Morgan fingerprint density at radius 3 is 1.17 bits per heavy atom. The standard InChI is InChI=1S/C16H26Br2/c1-11(13-3-7-15(17)8-4-13)12(2)14-5-9-16(18)10-6-14/h13-16H,3-10H2,1-2H3/b12-11+. The van der Waals surface area contributed by atoms with E-state index in [0.717, 1.165) is 21.5 Å². The van der Waals surface area contributed by atoms with Crippen LogP contribution in [0.1, 0.15) is 65.2 Å². The molecular weight excluding hydrogens is 352 g/mol. The molecule has 104 valence electrons. The molecule has 0 radical (unpaired) electrons. The van der Waals surface area contributed by atoms with Crippen LogP contribution in [0.5, 0.6) is 0 Å². The van der Waals surface area contributed by atoms with Gasteiger partial charge in [-0.2, -0.15) is 0 Å². The van der Waals surface area contributed by atoms with E-state index in [9.17, 15) is 0 Å². The second kappa shape index (κ2) is 6.92. The number of allylic oxidation sites excluding steroid dienone is 2. The Balaban J connectivity index is 1.96. The van der Waals surface area contributed by atoms with Gasteiger partial charge >= 0.3 is 0 Å². The molecule has 0 unspecified atom stereocenters. The Kier molecular flexibility index (Phi) is 5.81. The van der Waals surface area contributed by atoms with E-state index in [2.05, 4.69) is 45.7 Å². The fourth-order valence-corrected chi connectivity index (χ4v) is 4.67. The maximum atomic E-state index is 3.76. The van der Waals surface area contributed by atoms with Gasteiger partial charge in [0, 0.05) is 9.65 Å². The predicted molar refractivity (Wildman–Crippen MR) is 87.7 cm³/mol. The Hall–Kier alpha value is 0.700. The summed E-state index contributed by atoms with van der Waals surface area (Å²) in [6.45, 7) is 4.82. The molecule has 0 bridgehead atoms. The Morgan fingerprint density at radius 2 is 0.889 bits per heavy atom. The van der Waals surface area contributed by atoms with Gasteiger partial charge in [0.25, 0.3) is 0 Å². The van der Waals surface area contributed by atoms with E-state index in [-0.39, 0.29) is 0 Å². The van der Waals surface area contributed by atoms with Crippen molar-refractivity contribution in [3.05, 3.63) is 11.1 Å². The molecule has 0 aromatic rings. The van der Waals surface area contributed by atoms with Gasteiger partial charge in [0.1, 0.15) is 0 Å². The molecule has 0 aliphatic heterocycles. The van der Waals surface area contributed by atoms with Crippen molar-refractivity contribution in [3.63, 3.8) is 0 Å². The molecule has 18 heavy (non-hydrogen) atoms. The summed E-state index contributed by atoms with van der Waals surface area (Å²) in [4.78, 5) is 1.57. The summed E-state index contributed by atoms with van der Waals surface area (Å²) >= 11 is 7.53. The lowest BCUT2D eigenvalue weighted by Crippen LogP contribution is -2.19. The number of hydrogen-bond acceptors (Lipinski definition) is 0. The van der Waals surface area contributed by atoms with Crippen molar-refractivity contribution in [2.75, 3.05) is 0 Å². The van der Waals surface area contributed by atoms with Crippen LogP contribution < -0.4 is 0 Å². The van der Waals surface area contributed by atoms with Crippen molar-refractivity contribution < 1.29 is 0 Å². The molecule has 0 N–H and O–H groups in total. The average molecular weight is 378 g/mol. The molecule has 0 aromatic carbocycles. The molecule has 2 aliphatic carbocycles. The molecule has 0 nitrogen and oxygen atoms in total. The van der Waals surface area contributed by atoms with Gasteiger partial charge in [-0.15, -0.1) is 0 Å². The normalized spacial score (nSPS) is 39.3. The molecular formula is C16H26Br2. The first-order valence-electron chi connectivity index (χ1n) is 7.53. The number of alkyl halides is 2. The first-order valence-corrected chi connectivity index (χ1v) is 9.36. The maximum absolute atomic E-state index is 3.76. The monoisotopic (exact) mass is 376 g/mol. The fraction of sp³-hybridized carbons (Fsp3) is 0.875. The zero-order valence-electron chi connectivity index (χ0n) is 11.7. The molecule has 0 spiro atoms. The zero-order chi connectivity index (χ0) is 13.1. The van der Waals surface area contributed by atoms with Gasteiger partial charge in [0.15, 0.2) is 0 Å². The minimum Gasteiger partial charge on any atom is -0.0891 e. The van der Waals surface area contributed by atoms with Gasteiger partial charge in [-0.3, -0.25) is 0 Å². The van der Waals surface area contributed by atoms with E-state index in [1.165, 1.54) is 51.4 Å². The van der Waals surface area contributed by atoms with Crippen LogP contribution in [0, 0.1) is 11.8 Å². The van der Waals surface area contributed by atoms with Crippen LogP contribution in [0.3, 0.4) is 0 Å². The highest BCUT2D eigenvalue weighted by Gasteiger charge is 2.25. The highest BCUT2D eigenvalue weighted by atomic mass is 79.9. The third-order valence-corrected chi connectivity index (χ3v) is 6.99. The minimum absolute atomic E-state index is 0.783. The molecule has 2 fully saturated rings. The summed E-state index contributed by atoms with van der Waals surface area (Å²) in [7, 11) is 0. The highest BCUT2D eigenvalue weighted by Crippen LogP contribution is 2.39. The van der Waals surface area contributed by atoms with Gasteiger partial charge in [-0.25, -0.2) is 0 Å². The molecule has 0 atom stereocenters. The first-order chi connectivity index (χ1) is 8.58. The van der Waals surface area contributed by atoms with Gasteiger partial charge < -0.3 is 0 Å². The van der Waals surface area contributed by atoms with E-state index < -0.39 is 0 Å². The molecule has 0 amide bonds. The highest BCUT2D eigenvalue weighted by molar-refractivity contribution is 9.09. The van der Waals surface area contributed by atoms with E-state index in [0.29, 0.717) is 0 Å². The zero-order valence-corrected chi connectivity index (χ0v) is 14.9.